The van der Waals surface area contributed by atoms with Crippen LogP contribution < -0.4 is 4.90 Å². The fraction of sp³-hybridized carbons (Fsp3) is 0.583. The molecule has 0 unspecified atom stereocenters. The second kappa shape index (κ2) is 5.32. The van der Waals surface area contributed by atoms with E-state index in [4.69, 9.17) is 0 Å². The van der Waals surface area contributed by atoms with Gasteiger partial charge in [0.15, 0.2) is 0 Å². The van der Waals surface area contributed by atoms with E-state index in [-0.39, 0.29) is 0 Å². The van der Waals surface area contributed by atoms with E-state index in [1.165, 1.54) is 24.0 Å². The van der Waals surface area contributed by atoms with Crippen molar-refractivity contribution >= 4 is 5.82 Å². The second-order valence-corrected chi connectivity index (χ2v) is 4.58. The number of alkyl halides is 3. The number of hydrogen-bond acceptors (Lipinski definition) is 3. The Labute approximate surface area is 108 Å². The highest BCUT2D eigenvalue weighted by atomic mass is 19.4. The van der Waals surface area contributed by atoms with Crippen LogP contribution in [0.4, 0.5) is 23.4 Å². The van der Waals surface area contributed by atoms with Gasteiger partial charge in [0.2, 0.25) is 0 Å². The van der Waals surface area contributed by atoms with Gasteiger partial charge in [0, 0.05) is 26.2 Å². The lowest BCUT2D eigenvalue weighted by Crippen LogP contribution is -2.53. The van der Waals surface area contributed by atoms with Crippen LogP contribution in [-0.4, -0.2) is 48.3 Å². The molecule has 3 nitrogen and oxygen atoms in total. The number of nitrogens with zero attached hydrogens (tertiary/aromatic N) is 3. The van der Waals surface area contributed by atoms with Crippen molar-refractivity contribution in [1.82, 2.24) is 9.88 Å². The Kier molecular flexibility index (Phi) is 3.93. The van der Waals surface area contributed by atoms with Gasteiger partial charge in [-0.2, -0.15) is 13.2 Å². The van der Waals surface area contributed by atoms with Gasteiger partial charge in [-0.05, 0) is 19.1 Å². The van der Waals surface area contributed by atoms with Crippen molar-refractivity contribution in [2.24, 2.45) is 0 Å². The SMILES string of the molecule is C[C@@H](N1CCN(c2ccc(F)cn2)CC1)C(F)(F)F. The number of pyridine rings is 1. The summed E-state index contributed by atoms with van der Waals surface area (Å²) in [5.41, 5.74) is 0. The van der Waals surface area contributed by atoms with Gasteiger partial charge in [0.05, 0.1) is 6.20 Å². The molecule has 106 valence electrons. The predicted octanol–water partition coefficient (Wildman–Crippen LogP) is 2.29. The smallest absolute Gasteiger partial charge is 0.354 e. The maximum atomic E-state index is 12.7. The molecule has 0 saturated carbocycles. The van der Waals surface area contributed by atoms with Crippen LogP contribution in [-0.2, 0) is 0 Å². The number of anilines is 1. The first-order valence-electron chi connectivity index (χ1n) is 6.05. The number of hydrogen-bond donors (Lipinski definition) is 0. The molecule has 1 aliphatic rings. The van der Waals surface area contributed by atoms with E-state index in [1.54, 1.807) is 0 Å². The number of halogens is 4. The molecule has 0 spiro atoms. The molecule has 0 amide bonds. The summed E-state index contributed by atoms with van der Waals surface area (Å²) in [6, 6.07) is 1.40. The van der Waals surface area contributed by atoms with Gasteiger partial charge in [0.25, 0.3) is 0 Å². The van der Waals surface area contributed by atoms with E-state index in [0.29, 0.717) is 32.0 Å². The zero-order valence-electron chi connectivity index (χ0n) is 10.5. The minimum Gasteiger partial charge on any atom is -0.354 e. The Morgan fingerprint density at radius 3 is 2.26 bits per heavy atom. The lowest BCUT2D eigenvalue weighted by atomic mass is 10.2. The van der Waals surface area contributed by atoms with Gasteiger partial charge < -0.3 is 4.90 Å². The Morgan fingerprint density at radius 2 is 1.79 bits per heavy atom. The first-order valence-corrected chi connectivity index (χ1v) is 6.05. The minimum absolute atomic E-state index is 0.319. The third-order valence-electron chi connectivity index (χ3n) is 3.37. The van der Waals surface area contributed by atoms with Crippen LogP contribution >= 0.6 is 0 Å². The highest BCUT2D eigenvalue weighted by Gasteiger charge is 2.40. The molecule has 0 radical (unpaired) electrons. The highest BCUT2D eigenvalue weighted by Crippen LogP contribution is 2.25. The summed E-state index contributed by atoms with van der Waals surface area (Å²) in [4.78, 5) is 7.19. The zero-order chi connectivity index (χ0) is 14.0. The molecule has 1 atom stereocenters. The molecule has 1 aliphatic heterocycles. The molecule has 0 N–H and O–H groups in total. The molecule has 1 aromatic rings. The second-order valence-electron chi connectivity index (χ2n) is 4.58. The fourth-order valence-electron chi connectivity index (χ4n) is 2.10. The first-order chi connectivity index (χ1) is 8.88. The van der Waals surface area contributed by atoms with Gasteiger partial charge >= 0.3 is 6.18 Å². The van der Waals surface area contributed by atoms with E-state index < -0.39 is 18.0 Å². The van der Waals surface area contributed by atoms with Crippen molar-refractivity contribution in [1.29, 1.82) is 0 Å². The highest BCUT2D eigenvalue weighted by molar-refractivity contribution is 5.38. The van der Waals surface area contributed by atoms with Crippen molar-refractivity contribution in [2.45, 2.75) is 19.1 Å². The van der Waals surface area contributed by atoms with Crippen LogP contribution in [0.25, 0.3) is 0 Å². The average molecular weight is 277 g/mol. The fourth-order valence-corrected chi connectivity index (χ4v) is 2.10. The van der Waals surface area contributed by atoms with Crippen LogP contribution in [0.2, 0.25) is 0 Å². The van der Waals surface area contributed by atoms with Crippen LogP contribution in [0.3, 0.4) is 0 Å². The van der Waals surface area contributed by atoms with E-state index >= 15 is 0 Å². The summed E-state index contributed by atoms with van der Waals surface area (Å²) in [5, 5.41) is 0. The van der Waals surface area contributed by atoms with E-state index in [0.717, 1.165) is 6.20 Å². The van der Waals surface area contributed by atoms with Gasteiger partial charge in [-0.1, -0.05) is 0 Å². The molecular formula is C12H15F4N3. The Hall–Kier alpha value is -1.37. The van der Waals surface area contributed by atoms with Gasteiger partial charge in [-0.25, -0.2) is 9.37 Å². The topological polar surface area (TPSA) is 19.4 Å². The van der Waals surface area contributed by atoms with Crippen molar-refractivity contribution in [3.05, 3.63) is 24.1 Å². The van der Waals surface area contributed by atoms with Crippen LogP contribution in [0.15, 0.2) is 18.3 Å². The summed E-state index contributed by atoms with van der Waals surface area (Å²) in [7, 11) is 0. The zero-order valence-corrected chi connectivity index (χ0v) is 10.5. The molecule has 0 aromatic carbocycles. The Bertz CT molecular complexity index is 410. The molecule has 0 aliphatic carbocycles. The number of piperazine rings is 1. The van der Waals surface area contributed by atoms with Crippen molar-refractivity contribution in [3.63, 3.8) is 0 Å². The quantitative estimate of drug-likeness (QED) is 0.773. The molecule has 7 heteroatoms. The van der Waals surface area contributed by atoms with E-state index in [9.17, 15) is 17.6 Å². The summed E-state index contributed by atoms with van der Waals surface area (Å²) in [5.74, 6) is 0.175. The molecular weight excluding hydrogens is 262 g/mol. The van der Waals surface area contributed by atoms with Crippen molar-refractivity contribution < 1.29 is 17.6 Å². The Balaban J connectivity index is 1.94. The van der Waals surface area contributed by atoms with Gasteiger partial charge in [-0.3, -0.25) is 4.90 Å². The monoisotopic (exact) mass is 277 g/mol. The largest absolute Gasteiger partial charge is 0.403 e. The molecule has 2 rings (SSSR count). The Morgan fingerprint density at radius 1 is 1.16 bits per heavy atom. The molecule has 19 heavy (non-hydrogen) atoms. The average Bonchev–Trinajstić information content (AvgIpc) is 2.38. The molecule has 2 heterocycles. The summed E-state index contributed by atoms with van der Waals surface area (Å²) in [6.07, 6.45) is -3.09. The third-order valence-corrected chi connectivity index (χ3v) is 3.37. The third kappa shape index (κ3) is 3.34. The first kappa shape index (κ1) is 14.0. The summed E-state index contributed by atoms with van der Waals surface area (Å²) >= 11 is 0. The predicted molar refractivity (Wildman–Crippen MR) is 63.5 cm³/mol. The summed E-state index contributed by atoms with van der Waals surface area (Å²) in [6.45, 7) is 2.73. The van der Waals surface area contributed by atoms with E-state index in [2.05, 4.69) is 4.98 Å². The van der Waals surface area contributed by atoms with Crippen LogP contribution in [0.5, 0.6) is 0 Å². The van der Waals surface area contributed by atoms with Crippen LogP contribution in [0, 0.1) is 5.82 Å². The molecule has 1 fully saturated rings. The lowest BCUT2D eigenvalue weighted by molar-refractivity contribution is -0.179. The standard InChI is InChI=1S/C12H15F4N3/c1-9(12(14,15)16)18-4-6-19(7-5-18)11-3-2-10(13)8-17-11/h2-3,8-9H,4-7H2,1H3/t9-/m1/s1. The number of aromatic nitrogens is 1. The minimum atomic E-state index is -4.20. The molecule has 0 bridgehead atoms. The van der Waals surface area contributed by atoms with Crippen molar-refractivity contribution in [3.8, 4) is 0 Å². The van der Waals surface area contributed by atoms with Gasteiger partial charge in [-0.15, -0.1) is 0 Å². The maximum Gasteiger partial charge on any atom is 0.403 e. The molecule has 1 aromatic heterocycles. The molecule has 1 saturated heterocycles. The normalized spacial score (nSPS) is 19.5. The maximum absolute atomic E-state index is 12.7. The van der Waals surface area contributed by atoms with Gasteiger partial charge in [0.1, 0.15) is 17.7 Å². The summed E-state index contributed by atoms with van der Waals surface area (Å²) < 4.78 is 50.5. The lowest BCUT2D eigenvalue weighted by Gasteiger charge is -2.38. The van der Waals surface area contributed by atoms with E-state index in [1.807, 2.05) is 4.90 Å². The number of rotatable bonds is 2. The van der Waals surface area contributed by atoms with Crippen molar-refractivity contribution in [2.75, 3.05) is 31.1 Å². The van der Waals surface area contributed by atoms with Crippen LogP contribution in [0.1, 0.15) is 6.92 Å².